The number of alkyl carbamates (subject to hydrolysis) is 1. The van der Waals surface area contributed by atoms with E-state index in [0.29, 0.717) is 17.7 Å². The van der Waals surface area contributed by atoms with Crippen molar-refractivity contribution in [3.05, 3.63) is 76.4 Å². The summed E-state index contributed by atoms with van der Waals surface area (Å²) in [5.41, 5.74) is 5.91. The van der Waals surface area contributed by atoms with Crippen molar-refractivity contribution in [2.24, 2.45) is 11.7 Å². The lowest BCUT2D eigenvalue weighted by molar-refractivity contribution is -0.384. The van der Waals surface area contributed by atoms with E-state index in [1.165, 1.54) is 24.3 Å². The first-order valence-electron chi connectivity index (χ1n) is 19.1. The number of nitrogens with two attached hydrogens (primary N) is 1. The second-order valence-corrected chi connectivity index (χ2v) is 13.7. The summed E-state index contributed by atoms with van der Waals surface area (Å²) < 4.78 is 21.1. The Morgan fingerprint density at radius 2 is 1.64 bits per heavy atom. The van der Waals surface area contributed by atoms with E-state index in [1.807, 2.05) is 6.08 Å². The second kappa shape index (κ2) is 25.1. The molecule has 0 saturated heterocycles. The molecule has 0 spiro atoms. The Hall–Kier alpha value is -6.24. The Morgan fingerprint density at radius 1 is 0.897 bits per heavy atom. The minimum absolute atomic E-state index is 0.0392. The number of ether oxygens (including phenoxy) is 4. The van der Waals surface area contributed by atoms with Gasteiger partial charge < -0.3 is 51.3 Å². The van der Waals surface area contributed by atoms with Crippen LogP contribution in [0.5, 0.6) is 5.75 Å². The van der Waals surface area contributed by atoms with E-state index in [9.17, 15) is 38.9 Å². The number of nitro benzene ring substituents is 1. The number of hydrogen-bond acceptors (Lipinski definition) is 12. The van der Waals surface area contributed by atoms with Gasteiger partial charge in [0.05, 0.1) is 18.1 Å². The summed E-state index contributed by atoms with van der Waals surface area (Å²) in [4.78, 5) is 85.3. The van der Waals surface area contributed by atoms with Gasteiger partial charge in [-0.25, -0.2) is 14.4 Å². The fourth-order valence-corrected chi connectivity index (χ4v) is 5.56. The number of benzene rings is 2. The van der Waals surface area contributed by atoms with Crippen LogP contribution in [0.3, 0.4) is 0 Å². The molecule has 0 heterocycles. The van der Waals surface area contributed by atoms with Crippen molar-refractivity contribution < 1.29 is 52.6 Å². The molecule has 6 amide bonds. The van der Waals surface area contributed by atoms with Crippen molar-refractivity contribution in [1.82, 2.24) is 21.3 Å². The Morgan fingerprint density at radius 3 is 2.33 bits per heavy atom. The van der Waals surface area contributed by atoms with Crippen LogP contribution in [-0.2, 0) is 35.2 Å². The number of carbonyl (C=O) groups excluding carboxylic acids is 6. The Kier molecular flexibility index (Phi) is 20.0. The van der Waals surface area contributed by atoms with Gasteiger partial charge >= 0.3 is 18.3 Å². The molecule has 2 unspecified atom stereocenters. The first-order chi connectivity index (χ1) is 27.8. The zero-order valence-electron chi connectivity index (χ0n) is 32.7. The van der Waals surface area contributed by atoms with E-state index in [4.69, 9.17) is 24.7 Å². The molecule has 2 aromatic carbocycles. The van der Waals surface area contributed by atoms with Gasteiger partial charge in [0.2, 0.25) is 17.7 Å². The largest absolute Gasteiger partial charge is 0.514 e. The third-order valence-electron chi connectivity index (χ3n) is 8.67. The predicted octanol–water partition coefficient (Wildman–Crippen LogP) is 4.34. The number of anilines is 1. The predicted molar refractivity (Wildman–Crippen MR) is 210 cm³/mol. The maximum Gasteiger partial charge on any atom is 0.514 e. The quantitative estimate of drug-likeness (QED) is 0.0257. The van der Waals surface area contributed by atoms with Crippen molar-refractivity contribution >= 4 is 47.4 Å². The average molecular weight is 812 g/mol. The van der Waals surface area contributed by atoms with Gasteiger partial charge in [-0.1, -0.05) is 38.1 Å². The number of non-ortho nitro benzene ring substituents is 1. The third kappa shape index (κ3) is 18.1. The monoisotopic (exact) mass is 811 g/mol. The topological polar surface area (TPSA) is 269 Å². The summed E-state index contributed by atoms with van der Waals surface area (Å²) in [7, 11) is 0. The van der Waals surface area contributed by atoms with Crippen LogP contribution < -0.4 is 37.1 Å². The Balaban J connectivity index is 1.46. The van der Waals surface area contributed by atoms with Crippen LogP contribution in [0.1, 0.15) is 70.8 Å². The minimum Gasteiger partial charge on any atom is -0.446 e. The van der Waals surface area contributed by atoms with Gasteiger partial charge in [0.25, 0.3) is 5.69 Å². The molecule has 7 N–H and O–H groups in total. The molecular weight excluding hydrogens is 758 g/mol. The molecule has 2 aromatic rings. The molecule has 3 rings (SSSR count). The van der Waals surface area contributed by atoms with E-state index in [0.717, 1.165) is 25.7 Å². The molecule has 0 radical (unpaired) electrons. The summed E-state index contributed by atoms with van der Waals surface area (Å²) >= 11 is 0. The maximum atomic E-state index is 13.5. The van der Waals surface area contributed by atoms with Gasteiger partial charge in [-0.15, -0.1) is 0 Å². The van der Waals surface area contributed by atoms with Crippen molar-refractivity contribution in [2.45, 2.75) is 90.0 Å². The molecule has 58 heavy (non-hydrogen) atoms. The van der Waals surface area contributed by atoms with Crippen molar-refractivity contribution in [3.63, 3.8) is 0 Å². The molecule has 1 aliphatic rings. The molecule has 0 fully saturated rings. The summed E-state index contributed by atoms with van der Waals surface area (Å²) in [6, 6.07) is 8.41. The van der Waals surface area contributed by atoms with Crippen molar-refractivity contribution in [3.8, 4) is 5.75 Å². The molecule has 19 heteroatoms. The number of primary amides is 1. The van der Waals surface area contributed by atoms with Gasteiger partial charge in [0.15, 0.2) is 0 Å². The lowest BCUT2D eigenvalue weighted by Crippen LogP contribution is -2.54. The van der Waals surface area contributed by atoms with Gasteiger partial charge in [0, 0.05) is 43.8 Å². The second-order valence-electron chi connectivity index (χ2n) is 13.7. The van der Waals surface area contributed by atoms with Crippen LogP contribution >= 0.6 is 0 Å². The minimum atomic E-state index is -1.07. The molecule has 0 bridgehead atoms. The molecule has 316 valence electrons. The zero-order valence-corrected chi connectivity index (χ0v) is 32.7. The highest BCUT2D eigenvalue weighted by molar-refractivity contribution is 5.98. The Bertz CT molecular complexity index is 1700. The molecule has 0 saturated carbocycles. The van der Waals surface area contributed by atoms with Crippen LogP contribution in [0.4, 0.5) is 25.8 Å². The molecule has 0 aliphatic heterocycles. The number of rotatable bonds is 21. The van der Waals surface area contributed by atoms with Crippen LogP contribution in [0.15, 0.2) is 60.7 Å². The fraction of sp³-hybridized carbons (Fsp3) is 0.487. The van der Waals surface area contributed by atoms with Crippen molar-refractivity contribution in [2.75, 3.05) is 31.6 Å². The van der Waals surface area contributed by atoms with E-state index in [2.05, 4.69) is 32.7 Å². The van der Waals surface area contributed by atoms with Gasteiger partial charge in [-0.3, -0.25) is 24.5 Å². The number of hydrogen-bond donors (Lipinski definition) is 6. The fourth-order valence-electron chi connectivity index (χ4n) is 5.56. The van der Waals surface area contributed by atoms with E-state index in [1.54, 1.807) is 38.1 Å². The first-order valence-corrected chi connectivity index (χ1v) is 19.1. The van der Waals surface area contributed by atoms with Crippen molar-refractivity contribution in [1.29, 1.82) is 0 Å². The number of amides is 6. The maximum absolute atomic E-state index is 13.5. The number of urea groups is 1. The number of allylic oxidation sites excluding steroid dienone is 1. The number of carbonyl (C=O) groups is 6. The number of nitro groups is 1. The zero-order chi connectivity index (χ0) is 42.3. The standard InChI is InChI=1S/C39H53N7O12/c1-26(2)34(45-33(47)20-23-55-24-22-42-38(51)57-30-9-6-4-3-5-7-10-30)36(49)44-32(11-8-21-41-37(40)50)35(48)43-28-14-12-27(13-15-28)25-56-39(52)58-31-18-16-29(17-19-31)46(53)54/h4,6,12-19,26,30,32,34H,3,5,7-11,20-25H2,1-2H3,(H,42,51)(H,43,48)(H,44,49)(H,45,47)(H3,40,41,50)/b6-4-/t30?,32-,34?/m0/s1. The molecule has 3 atom stereocenters. The highest BCUT2D eigenvalue weighted by Crippen LogP contribution is 2.19. The van der Waals surface area contributed by atoms with E-state index in [-0.39, 0.29) is 75.6 Å². The van der Waals surface area contributed by atoms with Crippen LogP contribution in [0, 0.1) is 16.0 Å². The van der Waals surface area contributed by atoms with Crippen LogP contribution in [0.25, 0.3) is 0 Å². The molecular formula is C39H53N7O12. The normalized spacial score (nSPS) is 15.3. The number of nitrogens with zero attached hydrogens (tertiary/aromatic N) is 1. The summed E-state index contributed by atoms with van der Waals surface area (Å²) in [5, 5.41) is 24.0. The summed E-state index contributed by atoms with van der Waals surface area (Å²) in [6.45, 7) is 3.84. The van der Waals surface area contributed by atoms with Crippen LogP contribution in [0.2, 0.25) is 0 Å². The Labute approximate surface area is 336 Å². The van der Waals surface area contributed by atoms with Gasteiger partial charge in [-0.05, 0) is 74.3 Å². The third-order valence-corrected chi connectivity index (χ3v) is 8.67. The van der Waals surface area contributed by atoms with Gasteiger partial charge in [-0.2, -0.15) is 0 Å². The molecule has 1 aliphatic carbocycles. The highest BCUT2D eigenvalue weighted by Gasteiger charge is 2.29. The van der Waals surface area contributed by atoms with E-state index >= 15 is 0 Å². The summed E-state index contributed by atoms with van der Waals surface area (Å²) in [5.74, 6) is -1.90. The average Bonchev–Trinajstić information content (AvgIpc) is 3.17. The molecule has 0 aromatic heterocycles. The highest BCUT2D eigenvalue weighted by atomic mass is 16.7. The lowest BCUT2D eigenvalue weighted by Gasteiger charge is -2.25. The van der Waals surface area contributed by atoms with Crippen LogP contribution in [-0.4, -0.2) is 85.4 Å². The SMILES string of the molecule is CC(C)C(NC(=O)CCOCCNC(=O)OC1C/C=C\CCCC1)C(=O)N[C@@H](CCCNC(N)=O)C(=O)Nc1ccc(COC(=O)Oc2ccc([N+](=O)[O-])cc2)cc1. The van der Waals surface area contributed by atoms with E-state index < -0.39 is 53.0 Å². The number of nitrogens with one attached hydrogen (secondary N) is 5. The summed E-state index contributed by atoms with van der Waals surface area (Å²) in [6.07, 6.45) is 7.36. The molecule has 19 nitrogen and oxygen atoms in total. The smallest absolute Gasteiger partial charge is 0.446 e. The van der Waals surface area contributed by atoms with Gasteiger partial charge in [0.1, 0.15) is 30.5 Å². The lowest BCUT2D eigenvalue weighted by atomic mass is 10.0. The first kappa shape index (κ1) is 46.1.